The number of carbonyl (C=O) groups excluding carboxylic acids is 3. The minimum Gasteiger partial charge on any atom is -0.464 e. The summed E-state index contributed by atoms with van der Waals surface area (Å²) in [5.41, 5.74) is 1.000. The van der Waals surface area contributed by atoms with Crippen molar-refractivity contribution in [1.82, 2.24) is 10.6 Å². The van der Waals surface area contributed by atoms with Crippen molar-refractivity contribution in [1.29, 1.82) is 0 Å². The quantitative estimate of drug-likeness (QED) is 0.616. The van der Waals surface area contributed by atoms with Gasteiger partial charge in [-0.25, -0.2) is 0 Å². The van der Waals surface area contributed by atoms with Crippen LogP contribution >= 0.6 is 0 Å². The molecule has 1 aromatic rings. The molecular weight excluding hydrogens is 296 g/mol. The highest BCUT2D eigenvalue weighted by Crippen LogP contribution is 2.13. The molecule has 23 heavy (non-hydrogen) atoms. The highest BCUT2D eigenvalue weighted by atomic mass is 16.5. The number of carbonyl (C=O) groups is 3. The lowest BCUT2D eigenvalue weighted by atomic mass is 9.95. The predicted octanol–water partition coefficient (Wildman–Crippen LogP) is 1.64. The second-order valence-corrected chi connectivity index (χ2v) is 6.23. The van der Waals surface area contributed by atoms with Gasteiger partial charge in [-0.1, -0.05) is 32.9 Å². The molecule has 0 aromatic heterocycles. The fourth-order valence-corrected chi connectivity index (χ4v) is 1.68. The maximum atomic E-state index is 11.9. The predicted molar refractivity (Wildman–Crippen MR) is 86.7 cm³/mol. The molecule has 0 unspecified atom stereocenters. The van der Waals surface area contributed by atoms with Crippen molar-refractivity contribution in [2.24, 2.45) is 5.41 Å². The minimum absolute atomic E-state index is 0.0233. The lowest BCUT2D eigenvalue weighted by Gasteiger charge is -2.17. The zero-order valence-corrected chi connectivity index (χ0v) is 14.1. The summed E-state index contributed by atoms with van der Waals surface area (Å²) < 4.78 is 4.74. The first-order valence-corrected chi connectivity index (χ1v) is 7.49. The summed E-state index contributed by atoms with van der Waals surface area (Å²) in [5.74, 6) is -0.631. The monoisotopic (exact) mass is 320 g/mol. The Bertz CT molecular complexity index is 559. The van der Waals surface area contributed by atoms with Crippen LogP contribution in [0.3, 0.4) is 0 Å². The number of benzene rings is 1. The zero-order chi connectivity index (χ0) is 17.5. The van der Waals surface area contributed by atoms with E-state index in [0.717, 1.165) is 5.56 Å². The fourth-order valence-electron chi connectivity index (χ4n) is 1.68. The summed E-state index contributed by atoms with van der Waals surface area (Å²) in [4.78, 5) is 34.3. The van der Waals surface area contributed by atoms with E-state index in [4.69, 9.17) is 4.74 Å². The van der Waals surface area contributed by atoms with Gasteiger partial charge in [-0.05, 0) is 17.7 Å². The van der Waals surface area contributed by atoms with Crippen molar-refractivity contribution in [2.75, 3.05) is 13.2 Å². The minimum atomic E-state index is -0.429. The standard InChI is InChI=1S/C17H24N2O4/c1-12(20)23-10-9-18-15(21)14-7-5-13(6-8-14)11-19-16(22)17(2,3)4/h5-8H,9-11H2,1-4H3,(H,18,21)(H,19,22). The molecule has 0 saturated heterocycles. The summed E-state index contributed by atoms with van der Waals surface area (Å²) in [6, 6.07) is 6.98. The first-order valence-electron chi connectivity index (χ1n) is 7.49. The Morgan fingerprint density at radius 1 is 1.04 bits per heavy atom. The molecule has 0 fully saturated rings. The van der Waals surface area contributed by atoms with Gasteiger partial charge in [-0.3, -0.25) is 14.4 Å². The van der Waals surface area contributed by atoms with Gasteiger partial charge >= 0.3 is 5.97 Å². The van der Waals surface area contributed by atoms with Gasteiger partial charge in [0.15, 0.2) is 0 Å². The summed E-state index contributed by atoms with van der Waals surface area (Å²) >= 11 is 0. The van der Waals surface area contributed by atoms with Gasteiger partial charge in [0.05, 0.1) is 6.54 Å². The van der Waals surface area contributed by atoms with Gasteiger partial charge in [0.25, 0.3) is 5.91 Å². The maximum absolute atomic E-state index is 11.9. The molecule has 2 amide bonds. The Kier molecular flexibility index (Phi) is 6.75. The number of hydrogen-bond donors (Lipinski definition) is 2. The lowest BCUT2D eigenvalue weighted by Crippen LogP contribution is -2.34. The first kappa shape index (κ1) is 18.7. The Hall–Kier alpha value is -2.37. The van der Waals surface area contributed by atoms with E-state index in [0.29, 0.717) is 12.1 Å². The largest absolute Gasteiger partial charge is 0.464 e. The van der Waals surface area contributed by atoms with Crippen LogP contribution < -0.4 is 10.6 Å². The molecule has 0 spiro atoms. The molecule has 0 aliphatic heterocycles. The molecule has 0 aliphatic carbocycles. The summed E-state index contributed by atoms with van der Waals surface area (Å²) in [7, 11) is 0. The highest BCUT2D eigenvalue weighted by molar-refractivity contribution is 5.94. The Labute approximate surface area is 136 Å². The van der Waals surface area contributed by atoms with Gasteiger partial charge in [0, 0.05) is 24.4 Å². The van der Waals surface area contributed by atoms with E-state index in [1.54, 1.807) is 24.3 Å². The number of nitrogens with one attached hydrogen (secondary N) is 2. The topological polar surface area (TPSA) is 84.5 Å². The molecule has 0 bridgehead atoms. The number of ether oxygens (including phenoxy) is 1. The molecule has 6 heteroatoms. The molecule has 0 radical (unpaired) electrons. The van der Waals surface area contributed by atoms with E-state index in [2.05, 4.69) is 10.6 Å². The Morgan fingerprint density at radius 3 is 2.17 bits per heavy atom. The van der Waals surface area contributed by atoms with E-state index in [1.165, 1.54) is 6.92 Å². The van der Waals surface area contributed by atoms with Crippen LogP contribution in [0.25, 0.3) is 0 Å². The molecule has 0 saturated carbocycles. The molecular formula is C17H24N2O4. The average Bonchev–Trinajstić information content (AvgIpc) is 2.48. The molecule has 2 N–H and O–H groups in total. The van der Waals surface area contributed by atoms with Crippen LogP contribution in [0.2, 0.25) is 0 Å². The molecule has 6 nitrogen and oxygen atoms in total. The van der Waals surface area contributed by atoms with Gasteiger partial charge in [0.1, 0.15) is 6.61 Å². The fraction of sp³-hybridized carbons (Fsp3) is 0.471. The van der Waals surface area contributed by atoms with Crippen LogP contribution in [-0.4, -0.2) is 30.9 Å². The van der Waals surface area contributed by atoms with E-state index in [-0.39, 0.29) is 30.9 Å². The van der Waals surface area contributed by atoms with Crippen LogP contribution in [0.4, 0.5) is 0 Å². The van der Waals surface area contributed by atoms with Crippen LogP contribution in [0, 0.1) is 5.41 Å². The van der Waals surface area contributed by atoms with Crippen molar-refractivity contribution < 1.29 is 19.1 Å². The highest BCUT2D eigenvalue weighted by Gasteiger charge is 2.20. The average molecular weight is 320 g/mol. The van der Waals surface area contributed by atoms with Crippen LogP contribution in [0.1, 0.15) is 43.6 Å². The van der Waals surface area contributed by atoms with Crippen LogP contribution in [-0.2, 0) is 20.9 Å². The van der Waals surface area contributed by atoms with Crippen molar-refractivity contribution in [3.05, 3.63) is 35.4 Å². The summed E-state index contributed by atoms with van der Waals surface area (Å²) in [6.45, 7) is 7.71. The summed E-state index contributed by atoms with van der Waals surface area (Å²) in [6.07, 6.45) is 0. The van der Waals surface area contributed by atoms with Crippen molar-refractivity contribution in [2.45, 2.75) is 34.2 Å². The molecule has 1 aromatic carbocycles. The third-order valence-corrected chi connectivity index (χ3v) is 3.04. The molecule has 1 rings (SSSR count). The Balaban J connectivity index is 2.45. The third-order valence-electron chi connectivity index (χ3n) is 3.04. The normalized spacial score (nSPS) is 10.8. The molecule has 126 valence electrons. The number of amides is 2. The van der Waals surface area contributed by atoms with E-state index < -0.39 is 5.41 Å². The molecule has 0 heterocycles. The second-order valence-electron chi connectivity index (χ2n) is 6.23. The van der Waals surface area contributed by atoms with E-state index in [1.807, 2.05) is 20.8 Å². The van der Waals surface area contributed by atoms with E-state index in [9.17, 15) is 14.4 Å². The molecule has 0 atom stereocenters. The first-order chi connectivity index (χ1) is 10.7. The van der Waals surface area contributed by atoms with Crippen molar-refractivity contribution >= 4 is 17.8 Å². The third kappa shape index (κ3) is 6.95. The van der Waals surface area contributed by atoms with Gasteiger partial charge in [0.2, 0.25) is 5.91 Å². The van der Waals surface area contributed by atoms with Gasteiger partial charge in [-0.15, -0.1) is 0 Å². The number of esters is 1. The summed E-state index contributed by atoms with van der Waals surface area (Å²) in [5, 5.41) is 5.51. The smallest absolute Gasteiger partial charge is 0.302 e. The van der Waals surface area contributed by atoms with Gasteiger partial charge in [-0.2, -0.15) is 0 Å². The van der Waals surface area contributed by atoms with E-state index >= 15 is 0 Å². The van der Waals surface area contributed by atoms with Crippen LogP contribution in [0.5, 0.6) is 0 Å². The van der Waals surface area contributed by atoms with Crippen LogP contribution in [0.15, 0.2) is 24.3 Å². The number of hydrogen-bond acceptors (Lipinski definition) is 4. The van der Waals surface area contributed by atoms with Crippen molar-refractivity contribution in [3.8, 4) is 0 Å². The Morgan fingerprint density at radius 2 is 1.65 bits per heavy atom. The maximum Gasteiger partial charge on any atom is 0.302 e. The van der Waals surface area contributed by atoms with Crippen molar-refractivity contribution in [3.63, 3.8) is 0 Å². The second kappa shape index (κ2) is 8.31. The molecule has 0 aliphatic rings. The zero-order valence-electron chi connectivity index (χ0n) is 14.1. The van der Waals surface area contributed by atoms with Gasteiger partial charge < -0.3 is 15.4 Å². The number of rotatable bonds is 6. The SMILES string of the molecule is CC(=O)OCCNC(=O)c1ccc(CNC(=O)C(C)(C)C)cc1. The lowest BCUT2D eigenvalue weighted by molar-refractivity contribution is -0.140.